The minimum atomic E-state index is -2.83. The minimum Gasteiger partial charge on any atom is -0.435 e. The van der Waals surface area contributed by atoms with Gasteiger partial charge in [0.2, 0.25) is 0 Å². The number of nitrogens with one attached hydrogen (secondary N) is 1. The molecule has 0 saturated heterocycles. The number of nitrogens with zero attached hydrogens (tertiary/aromatic N) is 2. The molecule has 2 heterocycles. The molecule has 0 saturated carbocycles. The first kappa shape index (κ1) is 17.5. The zero-order valence-electron chi connectivity index (χ0n) is 14.2. The Bertz CT molecular complexity index is 1050. The first-order valence-corrected chi connectivity index (χ1v) is 9.09. The number of benzene rings is 2. The molecule has 0 aliphatic heterocycles. The van der Waals surface area contributed by atoms with Crippen molar-refractivity contribution in [1.82, 2.24) is 15.2 Å². The van der Waals surface area contributed by atoms with Gasteiger partial charge in [0.15, 0.2) is 0 Å². The normalized spacial score (nSPS) is 12.6. The number of fused-ring (bicyclic) bond motifs is 1. The SMILES string of the molecule is CC(Sc1nnc(-c2c[nH]c3ccccc23)o1)c1ccc(OC(F)F)cc1. The summed E-state index contributed by atoms with van der Waals surface area (Å²) in [5.74, 6) is 0.577. The standard InChI is InChI=1S/C19H15F2N3O2S/c1-11(12-6-8-13(9-7-12)25-18(20)21)27-19-24-23-17(26-19)15-10-22-16-5-3-2-4-14(15)16/h2-11,18,22H,1H3. The Balaban J connectivity index is 1.49. The van der Waals surface area contributed by atoms with Crippen molar-refractivity contribution in [3.8, 4) is 17.2 Å². The van der Waals surface area contributed by atoms with E-state index < -0.39 is 6.61 Å². The Morgan fingerprint density at radius 2 is 1.85 bits per heavy atom. The predicted molar refractivity (Wildman–Crippen MR) is 98.9 cm³/mol. The van der Waals surface area contributed by atoms with Crippen molar-refractivity contribution >= 4 is 22.7 Å². The lowest BCUT2D eigenvalue weighted by Crippen LogP contribution is -2.01. The third-order valence-corrected chi connectivity index (χ3v) is 5.07. The molecule has 0 aliphatic rings. The lowest BCUT2D eigenvalue weighted by atomic mass is 10.2. The molecule has 27 heavy (non-hydrogen) atoms. The average Bonchev–Trinajstić information content (AvgIpc) is 3.28. The molecule has 2 aromatic carbocycles. The highest BCUT2D eigenvalue weighted by Crippen LogP contribution is 2.36. The number of thioether (sulfide) groups is 1. The van der Waals surface area contributed by atoms with E-state index in [-0.39, 0.29) is 11.0 Å². The summed E-state index contributed by atoms with van der Waals surface area (Å²) in [6.45, 7) is -0.854. The molecule has 2 aromatic heterocycles. The number of halogens is 2. The number of alkyl halides is 2. The number of aromatic amines is 1. The monoisotopic (exact) mass is 387 g/mol. The van der Waals surface area contributed by atoms with E-state index >= 15 is 0 Å². The van der Waals surface area contributed by atoms with E-state index in [1.54, 1.807) is 12.1 Å². The maximum Gasteiger partial charge on any atom is 0.387 e. The van der Waals surface area contributed by atoms with Crippen molar-refractivity contribution in [2.45, 2.75) is 24.0 Å². The van der Waals surface area contributed by atoms with Crippen LogP contribution in [0.5, 0.6) is 5.75 Å². The van der Waals surface area contributed by atoms with Gasteiger partial charge in [-0.25, -0.2) is 0 Å². The van der Waals surface area contributed by atoms with Gasteiger partial charge in [-0.2, -0.15) is 8.78 Å². The van der Waals surface area contributed by atoms with Crippen molar-refractivity contribution in [2.75, 3.05) is 0 Å². The highest BCUT2D eigenvalue weighted by atomic mass is 32.2. The van der Waals surface area contributed by atoms with Gasteiger partial charge in [-0.05, 0) is 30.7 Å². The highest BCUT2D eigenvalue weighted by molar-refractivity contribution is 7.99. The number of aromatic nitrogens is 3. The first-order valence-electron chi connectivity index (χ1n) is 8.21. The van der Waals surface area contributed by atoms with Crippen LogP contribution in [0.2, 0.25) is 0 Å². The Kier molecular flexibility index (Phi) is 4.81. The van der Waals surface area contributed by atoms with E-state index in [0.717, 1.165) is 22.0 Å². The fraction of sp³-hybridized carbons (Fsp3) is 0.158. The number of hydrogen-bond acceptors (Lipinski definition) is 5. The van der Waals surface area contributed by atoms with Gasteiger partial charge in [0.25, 0.3) is 11.1 Å². The molecule has 1 atom stereocenters. The average molecular weight is 387 g/mol. The predicted octanol–water partition coefficient (Wildman–Crippen LogP) is 5.67. The van der Waals surface area contributed by atoms with Gasteiger partial charge >= 0.3 is 6.61 Å². The molecule has 0 spiro atoms. The van der Waals surface area contributed by atoms with Gasteiger partial charge in [0, 0.05) is 22.3 Å². The van der Waals surface area contributed by atoms with Crippen molar-refractivity contribution in [2.24, 2.45) is 0 Å². The Labute approximate surface area is 157 Å². The first-order chi connectivity index (χ1) is 13.1. The van der Waals surface area contributed by atoms with Gasteiger partial charge in [0.05, 0.1) is 5.56 Å². The summed E-state index contributed by atoms with van der Waals surface area (Å²) in [7, 11) is 0. The van der Waals surface area contributed by atoms with Crippen LogP contribution in [-0.4, -0.2) is 21.8 Å². The van der Waals surface area contributed by atoms with Gasteiger partial charge in [0.1, 0.15) is 5.75 Å². The molecule has 138 valence electrons. The van der Waals surface area contributed by atoms with Crippen LogP contribution >= 0.6 is 11.8 Å². The molecule has 0 bridgehead atoms. The summed E-state index contributed by atoms with van der Waals surface area (Å²) in [6.07, 6.45) is 1.85. The molecule has 0 fully saturated rings. The van der Waals surface area contributed by atoms with Crippen molar-refractivity contribution in [1.29, 1.82) is 0 Å². The Hall–Kier alpha value is -2.87. The lowest BCUT2D eigenvalue weighted by Gasteiger charge is -2.10. The van der Waals surface area contributed by atoms with Gasteiger partial charge in [-0.15, -0.1) is 10.2 Å². The number of para-hydroxylation sites is 1. The largest absolute Gasteiger partial charge is 0.435 e. The summed E-state index contributed by atoms with van der Waals surface area (Å²) in [4.78, 5) is 3.18. The number of H-pyrrole nitrogens is 1. The second kappa shape index (κ2) is 7.40. The van der Waals surface area contributed by atoms with E-state index in [1.165, 1.54) is 23.9 Å². The Morgan fingerprint density at radius 1 is 1.07 bits per heavy atom. The third-order valence-electron chi connectivity index (χ3n) is 4.08. The van der Waals surface area contributed by atoms with Crippen molar-refractivity contribution in [3.63, 3.8) is 0 Å². The van der Waals surface area contributed by atoms with E-state index in [9.17, 15) is 8.78 Å². The Morgan fingerprint density at radius 3 is 2.63 bits per heavy atom. The fourth-order valence-corrected chi connectivity index (χ4v) is 3.56. The summed E-state index contributed by atoms with van der Waals surface area (Å²) in [6, 6.07) is 14.4. The molecule has 4 aromatic rings. The fourth-order valence-electron chi connectivity index (χ4n) is 2.75. The summed E-state index contributed by atoms with van der Waals surface area (Å²) in [5.41, 5.74) is 2.79. The molecule has 0 radical (unpaired) electrons. The summed E-state index contributed by atoms with van der Waals surface area (Å²) < 4.78 is 34.6. The minimum absolute atomic E-state index is 0.00173. The smallest absolute Gasteiger partial charge is 0.387 e. The van der Waals surface area contributed by atoms with Crippen LogP contribution in [0.4, 0.5) is 8.78 Å². The maximum absolute atomic E-state index is 12.2. The summed E-state index contributed by atoms with van der Waals surface area (Å²) in [5, 5.41) is 9.71. The summed E-state index contributed by atoms with van der Waals surface area (Å²) >= 11 is 1.40. The molecule has 1 unspecified atom stereocenters. The van der Waals surface area contributed by atoms with Crippen molar-refractivity contribution in [3.05, 3.63) is 60.3 Å². The van der Waals surface area contributed by atoms with E-state index in [4.69, 9.17) is 4.42 Å². The van der Waals surface area contributed by atoms with Crippen LogP contribution in [0, 0.1) is 0 Å². The third kappa shape index (κ3) is 3.80. The number of rotatable bonds is 6. The maximum atomic E-state index is 12.2. The quantitative estimate of drug-likeness (QED) is 0.432. The van der Waals surface area contributed by atoms with Crippen LogP contribution in [-0.2, 0) is 0 Å². The molecule has 4 rings (SSSR count). The molecule has 8 heteroatoms. The van der Waals surface area contributed by atoms with Crippen LogP contribution in [0.25, 0.3) is 22.4 Å². The van der Waals surface area contributed by atoms with Gasteiger partial charge in [-0.1, -0.05) is 42.1 Å². The molecular formula is C19H15F2N3O2S. The van der Waals surface area contributed by atoms with Crippen LogP contribution in [0.15, 0.2) is 64.4 Å². The van der Waals surface area contributed by atoms with Crippen LogP contribution in [0.3, 0.4) is 0 Å². The zero-order chi connectivity index (χ0) is 18.8. The molecule has 0 amide bonds. The lowest BCUT2D eigenvalue weighted by molar-refractivity contribution is -0.0498. The topological polar surface area (TPSA) is 63.9 Å². The van der Waals surface area contributed by atoms with E-state index in [0.29, 0.717) is 11.1 Å². The second-order valence-corrected chi connectivity index (χ2v) is 7.12. The van der Waals surface area contributed by atoms with Gasteiger partial charge in [-0.3, -0.25) is 0 Å². The van der Waals surface area contributed by atoms with Crippen LogP contribution < -0.4 is 4.74 Å². The molecule has 1 N–H and O–H groups in total. The number of ether oxygens (including phenoxy) is 1. The highest BCUT2D eigenvalue weighted by Gasteiger charge is 2.16. The van der Waals surface area contributed by atoms with Crippen LogP contribution in [0.1, 0.15) is 17.7 Å². The number of hydrogen-bond donors (Lipinski definition) is 1. The zero-order valence-corrected chi connectivity index (χ0v) is 15.0. The van der Waals surface area contributed by atoms with E-state index in [2.05, 4.69) is 19.9 Å². The molecule has 5 nitrogen and oxygen atoms in total. The van der Waals surface area contributed by atoms with E-state index in [1.807, 2.05) is 37.4 Å². The second-order valence-electron chi connectivity index (χ2n) is 5.83. The van der Waals surface area contributed by atoms with Gasteiger partial charge < -0.3 is 14.1 Å². The molecule has 0 aliphatic carbocycles. The molecular weight excluding hydrogens is 372 g/mol. The van der Waals surface area contributed by atoms with Crippen molar-refractivity contribution < 1.29 is 17.9 Å².